The highest BCUT2D eigenvalue weighted by atomic mass is 79.9. The van der Waals surface area contributed by atoms with E-state index >= 15 is 0 Å². The molecule has 0 saturated heterocycles. The van der Waals surface area contributed by atoms with Gasteiger partial charge in [-0.25, -0.2) is 4.98 Å². The summed E-state index contributed by atoms with van der Waals surface area (Å²) in [4.78, 5) is 6.54. The van der Waals surface area contributed by atoms with Crippen LogP contribution < -0.4 is 14.4 Å². The average molecular weight is 335 g/mol. The van der Waals surface area contributed by atoms with Gasteiger partial charge in [-0.1, -0.05) is 6.07 Å². The molecular formula is C15H15BrN2O2. The van der Waals surface area contributed by atoms with Crippen LogP contribution in [0, 0.1) is 6.92 Å². The summed E-state index contributed by atoms with van der Waals surface area (Å²) in [6.07, 6.45) is 1.83. The van der Waals surface area contributed by atoms with Crippen molar-refractivity contribution < 1.29 is 9.47 Å². The molecule has 0 unspecified atom stereocenters. The number of fused-ring (bicyclic) bond motifs is 1. The van der Waals surface area contributed by atoms with E-state index in [1.165, 1.54) is 11.1 Å². The van der Waals surface area contributed by atoms with Crippen LogP contribution in [0.3, 0.4) is 0 Å². The zero-order valence-electron chi connectivity index (χ0n) is 11.4. The number of halogens is 1. The first-order valence-electron chi connectivity index (χ1n) is 6.35. The van der Waals surface area contributed by atoms with E-state index in [0.717, 1.165) is 28.3 Å². The number of ether oxygens (including phenoxy) is 2. The van der Waals surface area contributed by atoms with Crippen LogP contribution in [0.4, 0.5) is 5.82 Å². The Hall–Kier alpha value is -1.75. The molecule has 0 spiro atoms. The van der Waals surface area contributed by atoms with Crippen LogP contribution in [0.15, 0.2) is 34.9 Å². The summed E-state index contributed by atoms with van der Waals surface area (Å²) >= 11 is 3.47. The second-order valence-corrected chi connectivity index (χ2v) is 5.69. The third-order valence-corrected chi connectivity index (χ3v) is 4.11. The van der Waals surface area contributed by atoms with Gasteiger partial charge >= 0.3 is 0 Å². The van der Waals surface area contributed by atoms with Gasteiger partial charge in [0.1, 0.15) is 5.82 Å². The zero-order chi connectivity index (χ0) is 14.1. The molecule has 0 aliphatic carbocycles. The molecule has 4 nitrogen and oxygen atoms in total. The normalized spacial score (nSPS) is 12.6. The van der Waals surface area contributed by atoms with Gasteiger partial charge in [-0.3, -0.25) is 0 Å². The minimum atomic E-state index is 0.308. The summed E-state index contributed by atoms with van der Waals surface area (Å²) < 4.78 is 11.7. The molecule has 20 heavy (non-hydrogen) atoms. The third-order valence-electron chi connectivity index (χ3n) is 3.28. The number of hydrogen-bond acceptors (Lipinski definition) is 4. The van der Waals surface area contributed by atoms with Crippen molar-refractivity contribution in [3.63, 3.8) is 0 Å². The van der Waals surface area contributed by atoms with Crippen LogP contribution >= 0.6 is 15.9 Å². The van der Waals surface area contributed by atoms with Crippen LogP contribution in [-0.2, 0) is 6.54 Å². The van der Waals surface area contributed by atoms with Crippen molar-refractivity contribution in [1.29, 1.82) is 0 Å². The molecule has 1 aromatic heterocycles. The van der Waals surface area contributed by atoms with Crippen LogP contribution in [0.1, 0.15) is 11.1 Å². The highest BCUT2D eigenvalue weighted by molar-refractivity contribution is 9.10. The van der Waals surface area contributed by atoms with Gasteiger partial charge in [-0.05, 0) is 52.2 Å². The quantitative estimate of drug-likeness (QED) is 0.860. The summed E-state index contributed by atoms with van der Waals surface area (Å²) in [5.41, 5.74) is 2.34. The van der Waals surface area contributed by atoms with E-state index in [2.05, 4.69) is 44.9 Å². The maximum Gasteiger partial charge on any atom is 0.231 e. The Bertz CT molecular complexity index is 646. The Labute approximate surface area is 126 Å². The van der Waals surface area contributed by atoms with E-state index in [4.69, 9.17) is 9.47 Å². The van der Waals surface area contributed by atoms with Crippen molar-refractivity contribution >= 4 is 21.7 Å². The molecule has 2 aromatic rings. The Kier molecular flexibility index (Phi) is 3.53. The molecule has 0 atom stereocenters. The Morgan fingerprint density at radius 1 is 1.25 bits per heavy atom. The van der Waals surface area contributed by atoms with Gasteiger partial charge in [-0.15, -0.1) is 0 Å². The lowest BCUT2D eigenvalue weighted by Gasteiger charge is -2.19. The largest absolute Gasteiger partial charge is 0.454 e. The summed E-state index contributed by atoms with van der Waals surface area (Å²) in [6, 6.07) is 8.09. The van der Waals surface area contributed by atoms with Gasteiger partial charge < -0.3 is 14.4 Å². The molecular weight excluding hydrogens is 320 g/mol. The number of aryl methyl sites for hydroxylation is 1. The van der Waals surface area contributed by atoms with Crippen LogP contribution in [0.5, 0.6) is 11.5 Å². The first-order valence-corrected chi connectivity index (χ1v) is 7.14. The smallest absolute Gasteiger partial charge is 0.231 e. The molecule has 3 rings (SSSR count). The van der Waals surface area contributed by atoms with E-state index in [1.807, 2.05) is 25.4 Å². The minimum absolute atomic E-state index is 0.308. The first-order chi connectivity index (χ1) is 9.63. The van der Waals surface area contributed by atoms with E-state index in [1.54, 1.807) is 0 Å². The van der Waals surface area contributed by atoms with Gasteiger partial charge in [-0.2, -0.15) is 0 Å². The summed E-state index contributed by atoms with van der Waals surface area (Å²) in [6.45, 7) is 3.14. The Morgan fingerprint density at radius 3 is 2.85 bits per heavy atom. The van der Waals surface area contributed by atoms with Gasteiger partial charge in [0.05, 0.1) is 0 Å². The molecule has 0 amide bonds. The number of anilines is 1. The van der Waals surface area contributed by atoms with Crippen molar-refractivity contribution in [1.82, 2.24) is 4.98 Å². The highest BCUT2D eigenvalue weighted by Gasteiger charge is 2.14. The number of hydrogen-bond donors (Lipinski definition) is 0. The van der Waals surface area contributed by atoms with Crippen molar-refractivity contribution in [2.75, 3.05) is 18.7 Å². The molecule has 0 radical (unpaired) electrons. The maximum atomic E-state index is 5.40. The first kappa shape index (κ1) is 13.2. The predicted molar refractivity (Wildman–Crippen MR) is 81.3 cm³/mol. The van der Waals surface area contributed by atoms with E-state index in [9.17, 15) is 0 Å². The van der Waals surface area contributed by atoms with Crippen molar-refractivity contribution in [3.05, 3.63) is 46.1 Å². The van der Waals surface area contributed by atoms with Gasteiger partial charge in [0.25, 0.3) is 0 Å². The number of rotatable bonds is 3. The van der Waals surface area contributed by atoms with Crippen LogP contribution in [-0.4, -0.2) is 18.8 Å². The SMILES string of the molecule is Cc1cc(N(C)Cc2ccc3c(c2)OCO3)ncc1Br. The van der Waals surface area contributed by atoms with Gasteiger partial charge in [0, 0.05) is 24.3 Å². The lowest BCUT2D eigenvalue weighted by molar-refractivity contribution is 0.174. The predicted octanol–water partition coefficient (Wildman–Crippen LogP) is 3.52. The van der Waals surface area contributed by atoms with Gasteiger partial charge in [0.15, 0.2) is 11.5 Å². The van der Waals surface area contributed by atoms with Crippen molar-refractivity contribution in [2.45, 2.75) is 13.5 Å². The monoisotopic (exact) mass is 334 g/mol. The van der Waals surface area contributed by atoms with E-state index in [0.29, 0.717) is 6.79 Å². The average Bonchev–Trinajstić information content (AvgIpc) is 2.89. The molecule has 104 valence electrons. The maximum absolute atomic E-state index is 5.40. The molecule has 5 heteroatoms. The van der Waals surface area contributed by atoms with Gasteiger partial charge in [0.2, 0.25) is 6.79 Å². The third kappa shape index (κ3) is 2.58. The second-order valence-electron chi connectivity index (χ2n) is 4.84. The molecule has 1 aromatic carbocycles. The summed E-state index contributed by atoms with van der Waals surface area (Å²) in [5.74, 6) is 2.58. The number of pyridine rings is 1. The zero-order valence-corrected chi connectivity index (χ0v) is 13.0. The van der Waals surface area contributed by atoms with E-state index < -0.39 is 0 Å². The fraction of sp³-hybridized carbons (Fsp3) is 0.267. The fourth-order valence-corrected chi connectivity index (χ4v) is 2.34. The Morgan fingerprint density at radius 2 is 2.05 bits per heavy atom. The second kappa shape index (κ2) is 5.32. The molecule has 1 aliphatic heterocycles. The number of nitrogens with zero attached hydrogens (tertiary/aromatic N) is 2. The standard InChI is InChI=1S/C15H15BrN2O2/c1-10-5-15(17-7-12(10)16)18(2)8-11-3-4-13-14(6-11)20-9-19-13/h3-7H,8-9H2,1-2H3. The molecule has 0 N–H and O–H groups in total. The molecule has 0 saturated carbocycles. The number of aromatic nitrogens is 1. The van der Waals surface area contributed by atoms with Crippen LogP contribution in [0.2, 0.25) is 0 Å². The van der Waals surface area contributed by atoms with E-state index in [-0.39, 0.29) is 0 Å². The number of benzene rings is 1. The molecule has 0 fully saturated rings. The van der Waals surface area contributed by atoms with Crippen molar-refractivity contribution in [3.8, 4) is 11.5 Å². The molecule has 0 bridgehead atoms. The fourth-order valence-electron chi connectivity index (χ4n) is 2.13. The Balaban J connectivity index is 1.78. The van der Waals surface area contributed by atoms with Crippen LogP contribution in [0.25, 0.3) is 0 Å². The lowest BCUT2D eigenvalue weighted by Crippen LogP contribution is -2.17. The summed E-state index contributed by atoms with van der Waals surface area (Å²) in [5, 5.41) is 0. The summed E-state index contributed by atoms with van der Waals surface area (Å²) in [7, 11) is 2.03. The minimum Gasteiger partial charge on any atom is -0.454 e. The highest BCUT2D eigenvalue weighted by Crippen LogP contribution is 2.33. The molecule has 2 heterocycles. The van der Waals surface area contributed by atoms with Crippen molar-refractivity contribution in [2.24, 2.45) is 0 Å². The topological polar surface area (TPSA) is 34.6 Å². The molecule has 1 aliphatic rings. The lowest BCUT2D eigenvalue weighted by atomic mass is 10.2.